The van der Waals surface area contributed by atoms with Gasteiger partial charge in [-0.2, -0.15) is 5.10 Å². The van der Waals surface area contributed by atoms with E-state index < -0.39 is 10.0 Å². The lowest BCUT2D eigenvalue weighted by Gasteiger charge is -2.28. The number of nitrogens with one attached hydrogen (secondary N) is 2. The minimum Gasteiger partial charge on any atom is -0.383 e. The summed E-state index contributed by atoms with van der Waals surface area (Å²) < 4.78 is 34.6. The fraction of sp³-hybridized carbons (Fsp3) is 0.438. The molecule has 1 fully saturated rings. The molecule has 0 bridgehead atoms. The van der Waals surface area contributed by atoms with Gasteiger partial charge in [0.2, 0.25) is 10.0 Å². The zero-order valence-corrected chi connectivity index (χ0v) is 14.4. The van der Waals surface area contributed by atoms with Crippen LogP contribution in [0.3, 0.4) is 0 Å². The number of nitrogens with zero attached hydrogens (tertiary/aromatic N) is 2. The second-order valence-corrected chi connectivity index (χ2v) is 7.79. The van der Waals surface area contributed by atoms with Gasteiger partial charge in [-0.1, -0.05) is 18.2 Å². The Kier molecular flexibility index (Phi) is 5.00. The van der Waals surface area contributed by atoms with Crippen molar-refractivity contribution in [2.75, 3.05) is 26.8 Å². The molecular formula is C16H22N4O3S. The lowest BCUT2D eigenvalue weighted by molar-refractivity contribution is 0.122. The predicted octanol–water partition coefficient (Wildman–Crippen LogP) is 0.919. The average Bonchev–Trinajstić information content (AvgIpc) is 3.25. The van der Waals surface area contributed by atoms with Crippen LogP contribution in [0.4, 0.5) is 0 Å². The Labute approximate surface area is 142 Å². The summed E-state index contributed by atoms with van der Waals surface area (Å²) in [4.78, 5) is 0.150. The van der Waals surface area contributed by atoms with Crippen LogP contribution in [0.15, 0.2) is 47.6 Å². The molecule has 7 nitrogen and oxygen atoms in total. The number of rotatable bonds is 7. The van der Waals surface area contributed by atoms with E-state index in [1.54, 1.807) is 11.8 Å². The Bertz CT molecular complexity index is 768. The summed E-state index contributed by atoms with van der Waals surface area (Å²) in [5.74, 6) is 0. The molecule has 24 heavy (non-hydrogen) atoms. The molecule has 0 saturated carbocycles. The minimum absolute atomic E-state index is 0.150. The molecule has 8 heteroatoms. The summed E-state index contributed by atoms with van der Waals surface area (Å²) >= 11 is 0. The summed E-state index contributed by atoms with van der Waals surface area (Å²) in [5.41, 5.74) is 0.476. The molecule has 1 aromatic heterocycles. The second kappa shape index (κ2) is 7.02. The van der Waals surface area contributed by atoms with Gasteiger partial charge >= 0.3 is 0 Å². The maximum atomic E-state index is 12.5. The van der Waals surface area contributed by atoms with Crippen LogP contribution in [0, 0.1) is 0 Å². The van der Waals surface area contributed by atoms with Gasteiger partial charge < -0.3 is 10.1 Å². The lowest BCUT2D eigenvalue weighted by atomic mass is 9.99. The van der Waals surface area contributed by atoms with Crippen LogP contribution in [0.1, 0.15) is 12.8 Å². The van der Waals surface area contributed by atoms with Crippen LogP contribution in [0.5, 0.6) is 0 Å². The Morgan fingerprint density at radius 3 is 2.83 bits per heavy atom. The first-order valence-corrected chi connectivity index (χ1v) is 9.37. The monoisotopic (exact) mass is 350 g/mol. The molecule has 1 aliphatic heterocycles. The van der Waals surface area contributed by atoms with E-state index in [2.05, 4.69) is 15.1 Å². The number of ether oxygens (including phenoxy) is 1. The maximum absolute atomic E-state index is 12.5. The standard InChI is InChI=1S/C16H22N4O3S/c1-23-13-16(8-5-9-17-16)12-19-24(21,22)15-10-18-20(11-15)14-6-3-2-4-7-14/h2-4,6-7,10-11,17,19H,5,8-9,12-13H2,1H3. The first-order chi connectivity index (χ1) is 11.5. The number of benzene rings is 1. The Balaban J connectivity index is 1.73. The summed E-state index contributed by atoms with van der Waals surface area (Å²) in [6.07, 6.45) is 4.77. The van der Waals surface area contributed by atoms with Crippen LogP contribution < -0.4 is 10.0 Å². The number of para-hydroxylation sites is 1. The maximum Gasteiger partial charge on any atom is 0.243 e. The highest BCUT2D eigenvalue weighted by atomic mass is 32.2. The highest BCUT2D eigenvalue weighted by molar-refractivity contribution is 7.89. The van der Waals surface area contributed by atoms with E-state index in [4.69, 9.17) is 4.74 Å². The van der Waals surface area contributed by atoms with Gasteiger partial charge in [0.1, 0.15) is 4.90 Å². The van der Waals surface area contributed by atoms with E-state index in [0.29, 0.717) is 13.2 Å². The van der Waals surface area contributed by atoms with Crippen molar-refractivity contribution in [2.24, 2.45) is 0 Å². The first kappa shape index (κ1) is 17.1. The quantitative estimate of drug-likeness (QED) is 0.776. The Hall–Kier alpha value is -1.74. The largest absolute Gasteiger partial charge is 0.383 e. The molecule has 0 amide bonds. The molecule has 2 aromatic rings. The van der Waals surface area contributed by atoms with Crippen molar-refractivity contribution in [2.45, 2.75) is 23.3 Å². The van der Waals surface area contributed by atoms with Crippen LogP contribution in [-0.2, 0) is 14.8 Å². The molecule has 130 valence electrons. The number of methoxy groups -OCH3 is 1. The fourth-order valence-electron chi connectivity index (χ4n) is 2.95. The third kappa shape index (κ3) is 3.67. The van der Waals surface area contributed by atoms with Gasteiger partial charge in [-0.15, -0.1) is 0 Å². The number of sulfonamides is 1. The van der Waals surface area contributed by atoms with E-state index in [1.165, 1.54) is 12.4 Å². The summed E-state index contributed by atoms with van der Waals surface area (Å²) in [7, 11) is -2.00. The first-order valence-electron chi connectivity index (χ1n) is 7.88. The Morgan fingerprint density at radius 1 is 1.38 bits per heavy atom. The Morgan fingerprint density at radius 2 is 2.17 bits per heavy atom. The minimum atomic E-state index is -3.62. The second-order valence-electron chi connectivity index (χ2n) is 6.02. The van der Waals surface area contributed by atoms with Crippen molar-refractivity contribution < 1.29 is 13.2 Å². The van der Waals surface area contributed by atoms with E-state index in [9.17, 15) is 8.42 Å². The van der Waals surface area contributed by atoms with Crippen molar-refractivity contribution in [3.05, 3.63) is 42.7 Å². The predicted molar refractivity (Wildman–Crippen MR) is 90.6 cm³/mol. The third-order valence-electron chi connectivity index (χ3n) is 4.24. The van der Waals surface area contributed by atoms with Crippen molar-refractivity contribution in [1.82, 2.24) is 19.8 Å². The number of hydrogen-bond donors (Lipinski definition) is 2. The molecule has 2 N–H and O–H groups in total. The van der Waals surface area contributed by atoms with E-state index in [0.717, 1.165) is 25.1 Å². The molecule has 1 saturated heterocycles. The zero-order chi connectivity index (χ0) is 17.0. The van der Waals surface area contributed by atoms with Gasteiger partial charge in [-0.3, -0.25) is 0 Å². The smallest absolute Gasteiger partial charge is 0.243 e. The van der Waals surface area contributed by atoms with Crippen LogP contribution in [-0.4, -0.2) is 50.5 Å². The highest BCUT2D eigenvalue weighted by Gasteiger charge is 2.35. The molecule has 0 aliphatic carbocycles. The van der Waals surface area contributed by atoms with Gasteiger partial charge in [0, 0.05) is 13.7 Å². The molecule has 1 aliphatic rings. The van der Waals surface area contributed by atoms with Crippen molar-refractivity contribution >= 4 is 10.0 Å². The number of hydrogen-bond acceptors (Lipinski definition) is 5. The third-order valence-corrected chi connectivity index (χ3v) is 5.60. The SMILES string of the molecule is COCC1(CNS(=O)(=O)c2cnn(-c3ccccc3)c2)CCCN1. The zero-order valence-electron chi connectivity index (χ0n) is 13.6. The number of aromatic nitrogens is 2. The van der Waals surface area contributed by atoms with Gasteiger partial charge in [0.25, 0.3) is 0 Å². The highest BCUT2D eigenvalue weighted by Crippen LogP contribution is 2.20. The normalized spacial score (nSPS) is 21.2. The molecule has 3 rings (SSSR count). The van der Waals surface area contributed by atoms with Gasteiger partial charge in [0.05, 0.1) is 30.2 Å². The van der Waals surface area contributed by atoms with Crippen molar-refractivity contribution in [1.29, 1.82) is 0 Å². The van der Waals surface area contributed by atoms with E-state index >= 15 is 0 Å². The van der Waals surface area contributed by atoms with Gasteiger partial charge in [-0.05, 0) is 31.5 Å². The topological polar surface area (TPSA) is 85.2 Å². The molecule has 2 heterocycles. The average molecular weight is 350 g/mol. The molecule has 1 aromatic carbocycles. The van der Waals surface area contributed by atoms with Crippen LogP contribution in [0.25, 0.3) is 5.69 Å². The van der Waals surface area contributed by atoms with Crippen LogP contribution in [0.2, 0.25) is 0 Å². The molecule has 0 spiro atoms. The summed E-state index contributed by atoms with van der Waals surface area (Å²) in [5, 5.41) is 7.50. The lowest BCUT2D eigenvalue weighted by Crippen LogP contribution is -2.52. The summed E-state index contributed by atoms with van der Waals surface area (Å²) in [6, 6.07) is 9.39. The van der Waals surface area contributed by atoms with Crippen molar-refractivity contribution in [3.63, 3.8) is 0 Å². The fourth-order valence-corrected chi connectivity index (χ4v) is 4.01. The van der Waals surface area contributed by atoms with Gasteiger partial charge in [-0.25, -0.2) is 17.8 Å². The van der Waals surface area contributed by atoms with Crippen molar-refractivity contribution in [3.8, 4) is 5.69 Å². The summed E-state index contributed by atoms with van der Waals surface area (Å²) in [6.45, 7) is 1.63. The van der Waals surface area contributed by atoms with E-state index in [-0.39, 0.29) is 10.4 Å². The molecule has 1 unspecified atom stereocenters. The van der Waals surface area contributed by atoms with Gasteiger partial charge in [0.15, 0.2) is 0 Å². The molecule has 0 radical (unpaired) electrons. The van der Waals surface area contributed by atoms with E-state index in [1.807, 2.05) is 30.3 Å². The van der Waals surface area contributed by atoms with Crippen LogP contribution >= 0.6 is 0 Å². The molecular weight excluding hydrogens is 328 g/mol. The molecule has 1 atom stereocenters.